The first-order valence-electron chi connectivity index (χ1n) is 9.06. The van der Waals surface area contributed by atoms with Crippen molar-refractivity contribution in [2.24, 2.45) is 11.8 Å². The molecule has 0 saturated heterocycles. The lowest BCUT2D eigenvalue weighted by Gasteiger charge is -2.29. The normalized spacial score (nSPS) is 13.6. The molecular formula is C20H36O4. The molecule has 0 aliphatic heterocycles. The van der Waals surface area contributed by atoms with E-state index in [0.29, 0.717) is 26.2 Å². The van der Waals surface area contributed by atoms with Gasteiger partial charge < -0.3 is 14.2 Å². The molecule has 0 aromatic rings. The van der Waals surface area contributed by atoms with Crippen LogP contribution < -0.4 is 0 Å². The summed E-state index contributed by atoms with van der Waals surface area (Å²) in [5.41, 5.74) is 2.10. The summed E-state index contributed by atoms with van der Waals surface area (Å²) in [6.45, 7) is 19.3. The van der Waals surface area contributed by atoms with Crippen LogP contribution in [-0.4, -0.2) is 32.1 Å². The molecular weight excluding hydrogens is 304 g/mol. The van der Waals surface area contributed by atoms with Gasteiger partial charge in [-0.25, -0.2) is 0 Å². The highest BCUT2D eigenvalue weighted by atomic mass is 16.7. The molecule has 0 rings (SSSR count). The van der Waals surface area contributed by atoms with E-state index in [4.69, 9.17) is 14.2 Å². The average Bonchev–Trinajstić information content (AvgIpc) is 2.49. The Kier molecular flexibility index (Phi) is 12.6. The van der Waals surface area contributed by atoms with Gasteiger partial charge in [-0.1, -0.05) is 17.7 Å². The molecule has 140 valence electrons. The second-order valence-corrected chi connectivity index (χ2v) is 6.24. The molecule has 0 saturated carbocycles. The SMILES string of the molecule is C=C(C)CCCC(C(=O)OCC)[C@@H](CC(OCC)OCC)C(=C)C. The first kappa shape index (κ1) is 22.9. The Morgan fingerprint density at radius 2 is 1.54 bits per heavy atom. The van der Waals surface area contributed by atoms with E-state index >= 15 is 0 Å². The van der Waals surface area contributed by atoms with Gasteiger partial charge in [-0.3, -0.25) is 4.79 Å². The minimum Gasteiger partial charge on any atom is -0.466 e. The van der Waals surface area contributed by atoms with Crippen LogP contribution in [0, 0.1) is 11.8 Å². The number of hydrogen-bond acceptors (Lipinski definition) is 4. The van der Waals surface area contributed by atoms with Crippen LogP contribution in [0.15, 0.2) is 24.3 Å². The average molecular weight is 341 g/mol. The summed E-state index contributed by atoms with van der Waals surface area (Å²) in [6, 6.07) is 0. The van der Waals surface area contributed by atoms with Gasteiger partial charge in [0.05, 0.1) is 12.5 Å². The molecule has 0 amide bonds. The molecule has 1 unspecified atom stereocenters. The summed E-state index contributed by atoms with van der Waals surface area (Å²) >= 11 is 0. The van der Waals surface area contributed by atoms with Crippen molar-refractivity contribution < 1.29 is 19.0 Å². The van der Waals surface area contributed by atoms with Crippen molar-refractivity contribution in [2.75, 3.05) is 19.8 Å². The minimum absolute atomic E-state index is 0.0164. The third-order valence-corrected chi connectivity index (χ3v) is 3.98. The predicted octanol–water partition coefficient (Wildman–Crippen LogP) is 4.89. The van der Waals surface area contributed by atoms with E-state index in [1.165, 1.54) is 0 Å². The molecule has 24 heavy (non-hydrogen) atoms. The van der Waals surface area contributed by atoms with Gasteiger partial charge in [-0.15, -0.1) is 6.58 Å². The standard InChI is InChI=1S/C20H36O4/c1-8-22-19(23-9-2)14-18(16(6)7)17(20(21)24-10-3)13-11-12-15(4)5/h17-19H,4,6,8-14H2,1-3,5,7H3/t17?,18-/m0/s1. The maximum absolute atomic E-state index is 12.5. The molecule has 0 fully saturated rings. The van der Waals surface area contributed by atoms with Gasteiger partial charge in [-0.05, 0) is 59.8 Å². The van der Waals surface area contributed by atoms with Crippen molar-refractivity contribution in [1.82, 2.24) is 0 Å². The van der Waals surface area contributed by atoms with Crippen molar-refractivity contribution in [3.63, 3.8) is 0 Å². The molecule has 4 heteroatoms. The van der Waals surface area contributed by atoms with Crippen molar-refractivity contribution in [3.8, 4) is 0 Å². The van der Waals surface area contributed by atoms with Gasteiger partial charge in [0.2, 0.25) is 0 Å². The zero-order chi connectivity index (χ0) is 18.5. The smallest absolute Gasteiger partial charge is 0.309 e. The van der Waals surface area contributed by atoms with Gasteiger partial charge in [0.15, 0.2) is 6.29 Å². The molecule has 0 N–H and O–H groups in total. The zero-order valence-electron chi connectivity index (χ0n) is 16.2. The monoisotopic (exact) mass is 340 g/mol. The number of hydrogen-bond donors (Lipinski definition) is 0. The summed E-state index contributed by atoms with van der Waals surface area (Å²) in [7, 11) is 0. The summed E-state index contributed by atoms with van der Waals surface area (Å²) in [5.74, 6) is -0.388. The largest absolute Gasteiger partial charge is 0.466 e. The highest BCUT2D eigenvalue weighted by Crippen LogP contribution is 2.31. The lowest BCUT2D eigenvalue weighted by molar-refractivity contribution is -0.158. The Labute approximate surface area is 148 Å². The maximum Gasteiger partial charge on any atom is 0.309 e. The van der Waals surface area contributed by atoms with Crippen LogP contribution in [0.2, 0.25) is 0 Å². The van der Waals surface area contributed by atoms with Crippen molar-refractivity contribution in [1.29, 1.82) is 0 Å². The minimum atomic E-state index is -0.320. The van der Waals surface area contributed by atoms with Crippen LogP contribution in [0.1, 0.15) is 60.3 Å². The van der Waals surface area contributed by atoms with Crippen molar-refractivity contribution in [2.45, 2.75) is 66.6 Å². The molecule has 0 aliphatic carbocycles. The number of esters is 1. The Balaban J connectivity index is 5.15. The lowest BCUT2D eigenvalue weighted by Crippen LogP contribution is -2.31. The second kappa shape index (κ2) is 13.2. The van der Waals surface area contributed by atoms with Crippen LogP contribution in [-0.2, 0) is 19.0 Å². The van der Waals surface area contributed by atoms with Crippen LogP contribution in [0.5, 0.6) is 0 Å². The van der Waals surface area contributed by atoms with E-state index in [1.807, 2.05) is 34.6 Å². The first-order chi connectivity index (χ1) is 11.4. The van der Waals surface area contributed by atoms with Gasteiger partial charge in [-0.2, -0.15) is 0 Å². The molecule has 0 aromatic carbocycles. The molecule has 4 nitrogen and oxygen atoms in total. The Morgan fingerprint density at radius 1 is 0.958 bits per heavy atom. The van der Waals surface area contributed by atoms with E-state index in [2.05, 4.69) is 13.2 Å². The molecule has 0 aromatic heterocycles. The number of rotatable bonds is 14. The summed E-state index contributed by atoms with van der Waals surface area (Å²) in [4.78, 5) is 12.5. The van der Waals surface area contributed by atoms with E-state index in [-0.39, 0.29) is 24.1 Å². The van der Waals surface area contributed by atoms with Crippen LogP contribution in [0.4, 0.5) is 0 Å². The quantitative estimate of drug-likeness (QED) is 0.256. The Bertz CT molecular complexity index is 383. The van der Waals surface area contributed by atoms with Gasteiger partial charge in [0.1, 0.15) is 0 Å². The molecule has 2 atom stereocenters. The number of allylic oxidation sites excluding steroid dienone is 2. The topological polar surface area (TPSA) is 44.8 Å². The van der Waals surface area contributed by atoms with Gasteiger partial charge >= 0.3 is 5.97 Å². The Hall–Kier alpha value is -1.13. The highest BCUT2D eigenvalue weighted by Gasteiger charge is 2.32. The first-order valence-corrected chi connectivity index (χ1v) is 9.06. The van der Waals surface area contributed by atoms with Gasteiger partial charge in [0, 0.05) is 19.6 Å². The van der Waals surface area contributed by atoms with E-state index in [1.54, 1.807) is 0 Å². The summed E-state index contributed by atoms with van der Waals surface area (Å²) in [6.07, 6.45) is 2.89. The fraction of sp³-hybridized carbons (Fsp3) is 0.750. The third kappa shape index (κ3) is 9.24. The van der Waals surface area contributed by atoms with Crippen molar-refractivity contribution in [3.05, 3.63) is 24.3 Å². The number of ether oxygens (including phenoxy) is 3. The van der Waals surface area contributed by atoms with E-state index < -0.39 is 0 Å². The highest BCUT2D eigenvalue weighted by molar-refractivity contribution is 5.73. The maximum atomic E-state index is 12.5. The molecule has 0 spiro atoms. The van der Waals surface area contributed by atoms with Crippen LogP contribution in [0.3, 0.4) is 0 Å². The van der Waals surface area contributed by atoms with Gasteiger partial charge in [0.25, 0.3) is 0 Å². The fourth-order valence-electron chi connectivity index (χ4n) is 2.83. The molecule has 0 aliphatic rings. The summed E-state index contributed by atoms with van der Waals surface area (Å²) < 4.78 is 16.6. The number of carbonyl (C=O) groups is 1. The van der Waals surface area contributed by atoms with E-state index in [0.717, 1.165) is 30.4 Å². The van der Waals surface area contributed by atoms with Crippen molar-refractivity contribution >= 4 is 5.97 Å². The third-order valence-electron chi connectivity index (χ3n) is 3.98. The predicted molar refractivity (Wildman–Crippen MR) is 98.7 cm³/mol. The van der Waals surface area contributed by atoms with Crippen LogP contribution in [0.25, 0.3) is 0 Å². The van der Waals surface area contributed by atoms with Crippen LogP contribution >= 0.6 is 0 Å². The number of carbonyl (C=O) groups excluding carboxylic acids is 1. The molecule has 0 radical (unpaired) electrons. The lowest BCUT2D eigenvalue weighted by atomic mass is 9.81. The zero-order valence-corrected chi connectivity index (χ0v) is 16.2. The summed E-state index contributed by atoms with van der Waals surface area (Å²) in [5, 5.41) is 0. The van der Waals surface area contributed by atoms with E-state index in [9.17, 15) is 4.79 Å². The molecule has 0 heterocycles. The fourth-order valence-corrected chi connectivity index (χ4v) is 2.83. The molecule has 0 bridgehead atoms. The Morgan fingerprint density at radius 3 is 1.96 bits per heavy atom. The second-order valence-electron chi connectivity index (χ2n) is 6.24.